The molecule has 1 unspecified atom stereocenters. The van der Waals surface area contributed by atoms with E-state index < -0.39 is 0 Å². The van der Waals surface area contributed by atoms with Crippen molar-refractivity contribution in [2.75, 3.05) is 24.2 Å². The molecule has 5 nitrogen and oxygen atoms in total. The molecule has 1 aromatic carbocycles. The second kappa shape index (κ2) is 6.43. The van der Waals surface area contributed by atoms with Crippen LogP contribution in [0.5, 0.6) is 0 Å². The van der Waals surface area contributed by atoms with Crippen molar-refractivity contribution in [3.05, 3.63) is 18.3 Å². The molecule has 1 heterocycles. The molecule has 0 aliphatic rings. The molecule has 0 saturated heterocycles. The topological polar surface area (TPSA) is 87.0 Å². The summed E-state index contributed by atoms with van der Waals surface area (Å²) < 4.78 is 0. The summed E-state index contributed by atoms with van der Waals surface area (Å²) in [6.45, 7) is 3.23. The van der Waals surface area contributed by atoms with Crippen molar-refractivity contribution in [2.24, 2.45) is 5.92 Å². The van der Waals surface area contributed by atoms with Crippen LogP contribution in [0.2, 0.25) is 0 Å². The van der Waals surface area contributed by atoms with Gasteiger partial charge in [-0.05, 0) is 30.9 Å². The molecular formula is C14H22N4O. The summed E-state index contributed by atoms with van der Waals surface area (Å²) in [5.41, 5.74) is 8.66. The number of fused-ring (bicyclic) bond motifs is 1. The number of hydrogen-bond acceptors (Lipinski definition) is 4. The van der Waals surface area contributed by atoms with Crippen molar-refractivity contribution < 1.29 is 5.11 Å². The minimum absolute atomic E-state index is 0.238. The molecule has 0 bridgehead atoms. The molecule has 2 rings (SSSR count). The van der Waals surface area contributed by atoms with Gasteiger partial charge in [-0.15, -0.1) is 0 Å². The van der Waals surface area contributed by atoms with E-state index in [0.717, 1.165) is 48.1 Å². The maximum atomic E-state index is 9.06. The zero-order chi connectivity index (χ0) is 13.7. The number of benzene rings is 1. The summed E-state index contributed by atoms with van der Waals surface area (Å²) in [5.74, 6) is 0.479. The number of nitrogens with one attached hydrogen (secondary N) is 2. The highest BCUT2D eigenvalue weighted by Crippen LogP contribution is 2.25. The monoisotopic (exact) mass is 262 g/mol. The molecule has 0 spiro atoms. The van der Waals surface area contributed by atoms with Gasteiger partial charge < -0.3 is 16.2 Å². The lowest BCUT2D eigenvalue weighted by molar-refractivity contribution is 0.255. The minimum atomic E-state index is 0.238. The lowest BCUT2D eigenvalue weighted by Gasteiger charge is -2.17. The van der Waals surface area contributed by atoms with Crippen molar-refractivity contribution in [3.63, 3.8) is 0 Å². The third kappa shape index (κ3) is 3.38. The Bertz CT molecular complexity index is 517. The number of aliphatic hydroxyl groups is 1. The Balaban J connectivity index is 2.05. The van der Waals surface area contributed by atoms with E-state index in [9.17, 15) is 0 Å². The molecule has 104 valence electrons. The van der Waals surface area contributed by atoms with Crippen LogP contribution in [0.25, 0.3) is 10.9 Å². The van der Waals surface area contributed by atoms with Gasteiger partial charge in [-0.2, -0.15) is 5.10 Å². The molecule has 2 aromatic rings. The van der Waals surface area contributed by atoms with E-state index in [2.05, 4.69) is 22.4 Å². The zero-order valence-electron chi connectivity index (χ0n) is 11.3. The molecule has 5 heteroatoms. The van der Waals surface area contributed by atoms with Crippen molar-refractivity contribution in [2.45, 2.75) is 26.2 Å². The molecular weight excluding hydrogens is 240 g/mol. The number of anilines is 2. The fourth-order valence-corrected chi connectivity index (χ4v) is 2.36. The number of aliphatic hydroxyl groups excluding tert-OH is 1. The Kier molecular flexibility index (Phi) is 4.63. The van der Waals surface area contributed by atoms with Gasteiger partial charge in [-0.25, -0.2) is 0 Å². The van der Waals surface area contributed by atoms with Crippen LogP contribution in [-0.2, 0) is 0 Å². The number of hydrogen-bond donors (Lipinski definition) is 4. The summed E-state index contributed by atoms with van der Waals surface area (Å²) >= 11 is 0. The van der Waals surface area contributed by atoms with Crippen molar-refractivity contribution in [1.29, 1.82) is 0 Å². The highest BCUT2D eigenvalue weighted by atomic mass is 16.3. The molecule has 19 heavy (non-hydrogen) atoms. The largest absolute Gasteiger partial charge is 0.397 e. The van der Waals surface area contributed by atoms with Gasteiger partial charge in [0, 0.05) is 18.5 Å². The predicted molar refractivity (Wildman–Crippen MR) is 79.1 cm³/mol. The Morgan fingerprint density at radius 1 is 1.42 bits per heavy atom. The number of aromatic amines is 1. The smallest absolute Gasteiger partial charge is 0.0672 e. The van der Waals surface area contributed by atoms with Crippen LogP contribution in [-0.4, -0.2) is 28.5 Å². The fraction of sp³-hybridized carbons (Fsp3) is 0.500. The van der Waals surface area contributed by atoms with Crippen LogP contribution >= 0.6 is 0 Å². The highest BCUT2D eigenvalue weighted by molar-refractivity contribution is 5.88. The number of aromatic nitrogens is 2. The van der Waals surface area contributed by atoms with Crippen LogP contribution < -0.4 is 11.1 Å². The first kappa shape index (κ1) is 13.7. The summed E-state index contributed by atoms with van der Waals surface area (Å²) in [7, 11) is 0. The predicted octanol–water partition coefficient (Wildman–Crippen LogP) is 2.36. The van der Waals surface area contributed by atoms with Crippen LogP contribution in [0.1, 0.15) is 26.2 Å². The summed E-state index contributed by atoms with van der Waals surface area (Å²) in [5, 5.41) is 20.4. The van der Waals surface area contributed by atoms with E-state index in [4.69, 9.17) is 10.8 Å². The van der Waals surface area contributed by atoms with Gasteiger partial charge in [0.1, 0.15) is 0 Å². The van der Waals surface area contributed by atoms with E-state index in [1.807, 2.05) is 12.1 Å². The van der Waals surface area contributed by atoms with E-state index in [-0.39, 0.29) is 6.61 Å². The average Bonchev–Trinajstić information content (AvgIpc) is 2.83. The van der Waals surface area contributed by atoms with Crippen LogP contribution in [0, 0.1) is 5.92 Å². The summed E-state index contributed by atoms with van der Waals surface area (Å²) in [6, 6.07) is 3.90. The number of nitrogens with two attached hydrogens (primary N) is 1. The average molecular weight is 262 g/mol. The van der Waals surface area contributed by atoms with Gasteiger partial charge in [-0.3, -0.25) is 5.10 Å². The van der Waals surface area contributed by atoms with Gasteiger partial charge in [0.25, 0.3) is 0 Å². The normalized spacial score (nSPS) is 12.7. The summed E-state index contributed by atoms with van der Waals surface area (Å²) in [6.07, 6.45) is 4.83. The molecule has 0 aliphatic carbocycles. The standard InChI is InChI=1S/C14H22N4O/c1-2-3-10(4-5-19)8-16-14-7-13-11(6-12(14)15)9-17-18-13/h6-7,9-10,16,19H,2-5,8,15H2,1H3,(H,17,18). The van der Waals surface area contributed by atoms with Gasteiger partial charge in [0.15, 0.2) is 0 Å². The quantitative estimate of drug-likeness (QED) is 0.577. The minimum Gasteiger partial charge on any atom is -0.397 e. The molecule has 0 radical (unpaired) electrons. The molecule has 1 atom stereocenters. The molecule has 0 saturated carbocycles. The van der Waals surface area contributed by atoms with E-state index in [1.54, 1.807) is 6.20 Å². The maximum absolute atomic E-state index is 9.06. The van der Waals surface area contributed by atoms with Crippen molar-refractivity contribution in [1.82, 2.24) is 10.2 Å². The Hall–Kier alpha value is -1.75. The first-order chi connectivity index (χ1) is 9.24. The molecule has 0 aliphatic heterocycles. The third-order valence-electron chi connectivity index (χ3n) is 3.43. The lowest BCUT2D eigenvalue weighted by Crippen LogP contribution is -2.16. The van der Waals surface area contributed by atoms with Gasteiger partial charge in [0.2, 0.25) is 0 Å². The molecule has 1 aromatic heterocycles. The highest BCUT2D eigenvalue weighted by Gasteiger charge is 2.09. The first-order valence-corrected chi connectivity index (χ1v) is 6.82. The summed E-state index contributed by atoms with van der Waals surface area (Å²) in [4.78, 5) is 0. The second-order valence-electron chi connectivity index (χ2n) is 4.94. The molecule has 0 fully saturated rings. The van der Waals surface area contributed by atoms with Crippen LogP contribution in [0.15, 0.2) is 18.3 Å². The third-order valence-corrected chi connectivity index (χ3v) is 3.43. The Labute approximate surface area is 113 Å². The van der Waals surface area contributed by atoms with Crippen LogP contribution in [0.3, 0.4) is 0 Å². The van der Waals surface area contributed by atoms with Gasteiger partial charge in [-0.1, -0.05) is 13.3 Å². The SMILES string of the molecule is CCCC(CCO)CNc1cc2[nH]ncc2cc1N. The van der Waals surface area contributed by atoms with Gasteiger partial charge in [0.05, 0.1) is 23.1 Å². The Morgan fingerprint density at radius 2 is 2.26 bits per heavy atom. The van der Waals surface area contributed by atoms with Crippen LogP contribution in [0.4, 0.5) is 11.4 Å². The zero-order valence-corrected chi connectivity index (χ0v) is 11.3. The van der Waals surface area contributed by atoms with E-state index in [0.29, 0.717) is 5.92 Å². The van der Waals surface area contributed by atoms with Crippen molar-refractivity contribution in [3.8, 4) is 0 Å². The number of H-pyrrole nitrogens is 1. The van der Waals surface area contributed by atoms with Crippen molar-refractivity contribution >= 4 is 22.3 Å². The maximum Gasteiger partial charge on any atom is 0.0672 e. The fourth-order valence-electron chi connectivity index (χ4n) is 2.36. The number of nitrogen functional groups attached to an aromatic ring is 1. The second-order valence-corrected chi connectivity index (χ2v) is 4.94. The van der Waals surface area contributed by atoms with E-state index in [1.165, 1.54) is 0 Å². The van der Waals surface area contributed by atoms with E-state index >= 15 is 0 Å². The Morgan fingerprint density at radius 3 is 3.00 bits per heavy atom. The number of nitrogens with zero attached hydrogens (tertiary/aromatic N) is 1. The van der Waals surface area contributed by atoms with Gasteiger partial charge >= 0.3 is 0 Å². The molecule has 0 amide bonds. The lowest BCUT2D eigenvalue weighted by atomic mass is 10.00. The number of rotatable bonds is 7. The first-order valence-electron chi connectivity index (χ1n) is 6.82. The molecule has 5 N–H and O–H groups in total.